The molecule has 4 atom stereocenters. The molecule has 2 fully saturated rings. The number of carbonyl (C=O) groups is 2. The molecule has 0 bridgehead atoms. The number of aromatic carboxylic acids is 1. The molecule has 200 valence electrons. The molecule has 5 heterocycles. The van der Waals surface area contributed by atoms with Crippen molar-refractivity contribution < 1.29 is 14.7 Å². The standard InChI is InChI=1S/C28H22Cl2N4O3S.CH4/c29-15-4-5-17-18(8-15)32-27(37)28(17)24(22-9-16(30)12-38-22)23-21(34(28)10-13-1-2-13)11-33-20-6-3-14(26(35)36)7-19(20)31-25(23)33;/h3-9,12-13,21,23-24H,1-2,10-11H2,(H,32,37)(H,35,36);1H4/t21-,23+,24-,28+;/m0./s1. The average Bonchev–Trinajstić information content (AvgIpc) is 3.14. The summed E-state index contributed by atoms with van der Waals surface area (Å²) in [4.78, 5) is 34.5. The molecule has 1 saturated heterocycles. The second kappa shape index (κ2) is 8.54. The first-order valence-electron chi connectivity index (χ1n) is 12.7. The highest BCUT2D eigenvalue weighted by molar-refractivity contribution is 7.10. The highest BCUT2D eigenvalue weighted by atomic mass is 35.5. The number of benzene rings is 2. The van der Waals surface area contributed by atoms with Crippen molar-refractivity contribution in [2.75, 3.05) is 11.9 Å². The van der Waals surface area contributed by atoms with Crippen LogP contribution in [0.4, 0.5) is 5.69 Å². The molecule has 3 aliphatic heterocycles. The van der Waals surface area contributed by atoms with Crippen LogP contribution in [0.5, 0.6) is 0 Å². The number of nitrogens with one attached hydrogen (secondary N) is 1. The number of thiophene rings is 1. The third-order valence-electron chi connectivity index (χ3n) is 8.80. The second-order valence-corrected chi connectivity index (χ2v) is 12.6. The number of rotatable bonds is 4. The van der Waals surface area contributed by atoms with Crippen LogP contribution >= 0.6 is 34.5 Å². The number of carbonyl (C=O) groups excluding carboxylic acids is 1. The molecule has 0 unspecified atom stereocenters. The molecular formula is C29H26Cl2N4O3S. The molecular weight excluding hydrogens is 555 g/mol. The van der Waals surface area contributed by atoms with Crippen molar-refractivity contribution in [3.05, 3.63) is 79.7 Å². The first kappa shape index (κ1) is 25.1. The molecule has 2 aromatic carbocycles. The summed E-state index contributed by atoms with van der Waals surface area (Å²) in [5.74, 6) is 0.160. The third-order valence-corrected chi connectivity index (χ3v) is 10.4. The smallest absolute Gasteiger partial charge is 0.335 e. The lowest BCUT2D eigenvalue weighted by Gasteiger charge is -2.40. The number of likely N-dealkylation sites (tertiary alicyclic amines) is 1. The van der Waals surface area contributed by atoms with Gasteiger partial charge in [0.05, 0.1) is 21.6 Å². The van der Waals surface area contributed by atoms with E-state index in [1.807, 2.05) is 35.7 Å². The third kappa shape index (κ3) is 3.35. The summed E-state index contributed by atoms with van der Waals surface area (Å²) >= 11 is 14.4. The minimum absolute atomic E-state index is 0. The lowest BCUT2D eigenvalue weighted by atomic mass is 9.74. The van der Waals surface area contributed by atoms with Gasteiger partial charge in [0.25, 0.3) is 0 Å². The fourth-order valence-corrected chi connectivity index (χ4v) is 8.65. The molecule has 4 aliphatic rings. The Morgan fingerprint density at radius 1 is 1.15 bits per heavy atom. The first-order chi connectivity index (χ1) is 18.4. The summed E-state index contributed by atoms with van der Waals surface area (Å²) in [6, 6.07) is 12.9. The van der Waals surface area contributed by atoms with Gasteiger partial charge in [-0.3, -0.25) is 9.69 Å². The number of fused-ring (bicyclic) bond motifs is 7. The zero-order valence-corrected chi connectivity index (χ0v) is 22.4. The molecule has 4 aromatic rings. The fourth-order valence-electron chi connectivity index (χ4n) is 7.18. The second-order valence-electron chi connectivity index (χ2n) is 10.8. The number of aromatic nitrogens is 2. The molecule has 10 heteroatoms. The van der Waals surface area contributed by atoms with Crippen molar-refractivity contribution in [1.29, 1.82) is 0 Å². The number of hydrogen-bond donors (Lipinski definition) is 2. The summed E-state index contributed by atoms with van der Waals surface area (Å²) in [6.07, 6.45) is 2.33. The maximum Gasteiger partial charge on any atom is 0.335 e. The number of imidazole rings is 1. The highest BCUT2D eigenvalue weighted by Gasteiger charge is 2.69. The van der Waals surface area contributed by atoms with Crippen molar-refractivity contribution in [3.63, 3.8) is 0 Å². The number of carboxylic acids is 1. The van der Waals surface area contributed by atoms with Crippen molar-refractivity contribution in [2.45, 2.75) is 50.2 Å². The van der Waals surface area contributed by atoms with Crippen molar-refractivity contribution >= 4 is 63.1 Å². The van der Waals surface area contributed by atoms with Gasteiger partial charge in [-0.25, -0.2) is 9.78 Å². The van der Waals surface area contributed by atoms with Gasteiger partial charge in [-0.05, 0) is 55.2 Å². The number of halogens is 2. The quantitative estimate of drug-likeness (QED) is 0.285. The summed E-state index contributed by atoms with van der Waals surface area (Å²) in [7, 11) is 0. The van der Waals surface area contributed by atoms with E-state index in [0.29, 0.717) is 28.0 Å². The Morgan fingerprint density at radius 3 is 2.69 bits per heavy atom. The topological polar surface area (TPSA) is 87.5 Å². The van der Waals surface area contributed by atoms with Gasteiger partial charge in [0.2, 0.25) is 5.91 Å². The zero-order valence-electron chi connectivity index (χ0n) is 20.0. The van der Waals surface area contributed by atoms with E-state index < -0.39 is 11.5 Å². The van der Waals surface area contributed by atoms with E-state index in [-0.39, 0.29) is 36.8 Å². The van der Waals surface area contributed by atoms with E-state index in [0.717, 1.165) is 34.0 Å². The molecule has 2 aromatic heterocycles. The zero-order chi connectivity index (χ0) is 25.9. The van der Waals surface area contributed by atoms with Gasteiger partial charge in [-0.1, -0.05) is 36.7 Å². The van der Waals surface area contributed by atoms with E-state index in [2.05, 4.69) is 14.8 Å². The summed E-state index contributed by atoms with van der Waals surface area (Å²) in [6.45, 7) is 1.52. The van der Waals surface area contributed by atoms with Gasteiger partial charge in [0, 0.05) is 57.5 Å². The van der Waals surface area contributed by atoms with Crippen LogP contribution in [0.3, 0.4) is 0 Å². The molecule has 2 N–H and O–H groups in total. The van der Waals surface area contributed by atoms with Crippen LogP contribution in [-0.2, 0) is 16.9 Å². The van der Waals surface area contributed by atoms with Crippen LogP contribution in [0, 0.1) is 5.92 Å². The molecule has 1 saturated carbocycles. The van der Waals surface area contributed by atoms with E-state index >= 15 is 0 Å². The average molecular weight is 582 g/mol. The van der Waals surface area contributed by atoms with Crippen LogP contribution in [0.15, 0.2) is 47.8 Å². The number of amides is 1. The summed E-state index contributed by atoms with van der Waals surface area (Å²) in [5, 5.41) is 15.9. The molecule has 0 radical (unpaired) electrons. The van der Waals surface area contributed by atoms with Gasteiger partial charge in [0.1, 0.15) is 11.4 Å². The molecule has 39 heavy (non-hydrogen) atoms. The Balaban J connectivity index is 0.00000253. The van der Waals surface area contributed by atoms with E-state index in [1.165, 1.54) is 12.8 Å². The first-order valence-corrected chi connectivity index (χ1v) is 14.4. The lowest BCUT2D eigenvalue weighted by molar-refractivity contribution is -0.128. The van der Waals surface area contributed by atoms with Crippen LogP contribution in [0.1, 0.15) is 58.7 Å². The van der Waals surface area contributed by atoms with Crippen LogP contribution in [0.25, 0.3) is 11.0 Å². The molecule has 1 aliphatic carbocycles. The van der Waals surface area contributed by atoms with Gasteiger partial charge >= 0.3 is 5.97 Å². The van der Waals surface area contributed by atoms with Gasteiger partial charge < -0.3 is 15.0 Å². The molecule has 7 nitrogen and oxygen atoms in total. The highest BCUT2D eigenvalue weighted by Crippen LogP contribution is 2.65. The van der Waals surface area contributed by atoms with E-state index in [9.17, 15) is 14.7 Å². The normalized spacial score (nSPS) is 26.9. The van der Waals surface area contributed by atoms with E-state index in [1.54, 1.807) is 23.5 Å². The predicted octanol–water partition coefficient (Wildman–Crippen LogP) is 6.56. The Labute approximate surface area is 239 Å². The number of carboxylic acid groups (broad SMARTS) is 1. The largest absolute Gasteiger partial charge is 0.478 e. The summed E-state index contributed by atoms with van der Waals surface area (Å²) in [5.41, 5.74) is 2.60. The van der Waals surface area contributed by atoms with Gasteiger partial charge in [-0.15, -0.1) is 11.3 Å². The van der Waals surface area contributed by atoms with Crippen molar-refractivity contribution in [1.82, 2.24) is 14.5 Å². The van der Waals surface area contributed by atoms with Crippen molar-refractivity contribution in [3.8, 4) is 0 Å². The van der Waals surface area contributed by atoms with Crippen LogP contribution in [0.2, 0.25) is 10.0 Å². The Kier molecular flexibility index (Phi) is 5.49. The Morgan fingerprint density at radius 2 is 1.97 bits per heavy atom. The monoisotopic (exact) mass is 580 g/mol. The molecule has 1 amide bonds. The SMILES string of the molecule is C.O=C(O)c1ccc2c(c1)nc1n2C[C@H]2[C@@H]1[C@H](c1cc(Cl)cs1)[C@]1(C(=O)Nc3cc(Cl)ccc31)N2CC1CC1. The van der Waals surface area contributed by atoms with E-state index in [4.69, 9.17) is 28.2 Å². The van der Waals surface area contributed by atoms with Gasteiger partial charge in [0.15, 0.2) is 0 Å². The minimum Gasteiger partial charge on any atom is -0.478 e. The van der Waals surface area contributed by atoms with Crippen molar-refractivity contribution in [2.24, 2.45) is 5.92 Å². The Bertz CT molecular complexity index is 1690. The number of hydrogen-bond acceptors (Lipinski definition) is 5. The number of nitrogens with zero attached hydrogens (tertiary/aromatic N) is 3. The fraction of sp³-hybridized carbons (Fsp3) is 0.345. The van der Waals surface area contributed by atoms with Crippen LogP contribution < -0.4 is 5.32 Å². The predicted molar refractivity (Wildman–Crippen MR) is 153 cm³/mol. The van der Waals surface area contributed by atoms with Crippen LogP contribution in [-0.4, -0.2) is 44.0 Å². The summed E-state index contributed by atoms with van der Waals surface area (Å²) < 4.78 is 2.22. The maximum atomic E-state index is 14.3. The molecule has 8 rings (SSSR count). The Hall–Kier alpha value is -2.91. The minimum atomic E-state index is -0.975. The lowest BCUT2D eigenvalue weighted by Crippen LogP contribution is -2.53. The molecule has 1 spiro atoms. The maximum absolute atomic E-state index is 14.3. The number of anilines is 1. The van der Waals surface area contributed by atoms with Gasteiger partial charge in [-0.2, -0.15) is 0 Å².